The van der Waals surface area contributed by atoms with E-state index in [0.29, 0.717) is 16.9 Å². The maximum absolute atomic E-state index is 11.9. The standard InChI is InChI=1S/C12H13NO3/c1-13-7-6-8-9(12(13)14)4-5-10(15-2)11(8)16-3/h4-7H,1-3H3. The van der Waals surface area contributed by atoms with Crippen LogP contribution in [0.3, 0.4) is 0 Å². The Morgan fingerprint density at radius 1 is 1.06 bits per heavy atom. The molecule has 1 heterocycles. The van der Waals surface area contributed by atoms with Crippen LogP contribution >= 0.6 is 0 Å². The monoisotopic (exact) mass is 219 g/mol. The number of rotatable bonds is 2. The minimum Gasteiger partial charge on any atom is -0.493 e. The van der Waals surface area contributed by atoms with E-state index >= 15 is 0 Å². The first-order valence-corrected chi connectivity index (χ1v) is 4.89. The Morgan fingerprint density at radius 3 is 2.44 bits per heavy atom. The summed E-state index contributed by atoms with van der Waals surface area (Å²) in [7, 11) is 4.86. The molecule has 0 aliphatic carbocycles. The van der Waals surface area contributed by atoms with Crippen molar-refractivity contribution in [1.82, 2.24) is 4.57 Å². The van der Waals surface area contributed by atoms with Crippen molar-refractivity contribution in [3.63, 3.8) is 0 Å². The van der Waals surface area contributed by atoms with Crippen molar-refractivity contribution in [2.45, 2.75) is 0 Å². The molecular weight excluding hydrogens is 206 g/mol. The number of nitrogens with zero attached hydrogens (tertiary/aromatic N) is 1. The summed E-state index contributed by atoms with van der Waals surface area (Å²) in [6.07, 6.45) is 1.71. The molecule has 0 spiro atoms. The highest BCUT2D eigenvalue weighted by atomic mass is 16.5. The predicted molar refractivity (Wildman–Crippen MR) is 62.3 cm³/mol. The van der Waals surface area contributed by atoms with Crippen LogP contribution in [0, 0.1) is 0 Å². The van der Waals surface area contributed by atoms with Gasteiger partial charge in [0.25, 0.3) is 5.56 Å². The fourth-order valence-corrected chi connectivity index (χ4v) is 1.75. The van der Waals surface area contributed by atoms with Gasteiger partial charge in [0, 0.05) is 18.6 Å². The van der Waals surface area contributed by atoms with Gasteiger partial charge in [-0.25, -0.2) is 0 Å². The lowest BCUT2D eigenvalue weighted by Gasteiger charge is -2.10. The fraction of sp³-hybridized carbons (Fsp3) is 0.250. The average Bonchev–Trinajstić information content (AvgIpc) is 2.32. The van der Waals surface area contributed by atoms with Crippen LogP contribution in [0.25, 0.3) is 10.8 Å². The maximum Gasteiger partial charge on any atom is 0.258 e. The summed E-state index contributed by atoms with van der Waals surface area (Å²) in [5, 5.41) is 1.40. The molecule has 2 aromatic rings. The van der Waals surface area contributed by atoms with Crippen molar-refractivity contribution >= 4 is 10.8 Å². The number of hydrogen-bond donors (Lipinski definition) is 0. The number of pyridine rings is 1. The van der Waals surface area contributed by atoms with Gasteiger partial charge in [0.05, 0.1) is 19.6 Å². The van der Waals surface area contributed by atoms with Crippen LogP contribution in [-0.2, 0) is 7.05 Å². The zero-order valence-electron chi connectivity index (χ0n) is 9.48. The molecule has 0 aliphatic rings. The molecule has 0 amide bonds. The predicted octanol–water partition coefficient (Wildman–Crippen LogP) is 1.56. The Labute approximate surface area is 93.0 Å². The van der Waals surface area contributed by atoms with Gasteiger partial charge in [-0.05, 0) is 18.2 Å². The summed E-state index contributed by atoms with van der Waals surface area (Å²) in [6.45, 7) is 0. The summed E-state index contributed by atoms with van der Waals surface area (Å²) >= 11 is 0. The van der Waals surface area contributed by atoms with Gasteiger partial charge in [0.15, 0.2) is 11.5 Å². The van der Waals surface area contributed by atoms with E-state index in [0.717, 1.165) is 5.39 Å². The topological polar surface area (TPSA) is 40.5 Å². The molecule has 0 bridgehead atoms. The Bertz CT molecular complexity index is 587. The van der Waals surface area contributed by atoms with Crippen molar-refractivity contribution in [3.05, 3.63) is 34.7 Å². The molecule has 0 fully saturated rings. The summed E-state index contributed by atoms with van der Waals surface area (Å²) in [5.74, 6) is 1.22. The minimum atomic E-state index is -0.0431. The fourth-order valence-electron chi connectivity index (χ4n) is 1.75. The van der Waals surface area contributed by atoms with Crippen LogP contribution in [0.1, 0.15) is 0 Å². The first-order chi connectivity index (χ1) is 7.69. The second kappa shape index (κ2) is 3.89. The van der Waals surface area contributed by atoms with Crippen molar-refractivity contribution in [2.75, 3.05) is 14.2 Å². The van der Waals surface area contributed by atoms with Gasteiger partial charge in [-0.2, -0.15) is 0 Å². The normalized spacial score (nSPS) is 10.4. The third kappa shape index (κ3) is 1.43. The van der Waals surface area contributed by atoms with Crippen LogP contribution in [0.5, 0.6) is 11.5 Å². The number of fused-ring (bicyclic) bond motifs is 1. The average molecular weight is 219 g/mol. The molecule has 4 heteroatoms. The molecular formula is C12H13NO3. The second-order valence-corrected chi connectivity index (χ2v) is 3.49. The quantitative estimate of drug-likeness (QED) is 0.769. The van der Waals surface area contributed by atoms with E-state index in [1.807, 2.05) is 6.07 Å². The molecule has 0 atom stereocenters. The highest BCUT2D eigenvalue weighted by Gasteiger charge is 2.10. The summed E-state index contributed by atoms with van der Waals surface area (Å²) < 4.78 is 12.0. The molecule has 84 valence electrons. The number of ether oxygens (including phenoxy) is 2. The molecule has 4 nitrogen and oxygen atoms in total. The summed E-state index contributed by atoms with van der Waals surface area (Å²) in [6, 6.07) is 5.33. The van der Waals surface area contributed by atoms with Crippen LogP contribution in [0.15, 0.2) is 29.2 Å². The zero-order valence-corrected chi connectivity index (χ0v) is 9.48. The van der Waals surface area contributed by atoms with Crippen LogP contribution in [-0.4, -0.2) is 18.8 Å². The summed E-state index contributed by atoms with van der Waals surface area (Å²) in [5.41, 5.74) is -0.0431. The largest absolute Gasteiger partial charge is 0.493 e. The van der Waals surface area contributed by atoms with Crippen LogP contribution in [0.4, 0.5) is 0 Å². The van der Waals surface area contributed by atoms with Gasteiger partial charge in [-0.15, -0.1) is 0 Å². The molecule has 1 aromatic carbocycles. The van der Waals surface area contributed by atoms with E-state index in [-0.39, 0.29) is 5.56 Å². The number of methoxy groups -OCH3 is 2. The zero-order chi connectivity index (χ0) is 11.7. The van der Waals surface area contributed by atoms with Gasteiger partial charge in [-0.3, -0.25) is 4.79 Å². The molecule has 0 saturated heterocycles. The SMILES string of the molecule is COc1ccc2c(=O)n(C)ccc2c1OC. The lowest BCUT2D eigenvalue weighted by molar-refractivity contribution is 0.358. The van der Waals surface area contributed by atoms with E-state index in [4.69, 9.17) is 9.47 Å². The maximum atomic E-state index is 11.9. The molecule has 0 radical (unpaired) electrons. The number of aryl methyl sites for hydroxylation is 1. The van der Waals surface area contributed by atoms with Crippen molar-refractivity contribution in [2.24, 2.45) is 7.05 Å². The van der Waals surface area contributed by atoms with Crippen LogP contribution < -0.4 is 15.0 Å². The highest BCUT2D eigenvalue weighted by Crippen LogP contribution is 2.33. The van der Waals surface area contributed by atoms with E-state index < -0.39 is 0 Å². The number of aromatic nitrogens is 1. The van der Waals surface area contributed by atoms with Crippen molar-refractivity contribution in [3.8, 4) is 11.5 Å². The molecule has 2 rings (SSSR count). The first-order valence-electron chi connectivity index (χ1n) is 4.89. The number of benzene rings is 1. The molecule has 0 unspecified atom stereocenters. The first kappa shape index (κ1) is 10.5. The molecule has 0 saturated carbocycles. The van der Waals surface area contributed by atoms with E-state index in [1.54, 1.807) is 39.6 Å². The third-order valence-electron chi connectivity index (χ3n) is 2.60. The highest BCUT2D eigenvalue weighted by molar-refractivity contribution is 5.90. The Balaban J connectivity index is 2.90. The molecule has 1 aromatic heterocycles. The molecule has 0 N–H and O–H groups in total. The van der Waals surface area contributed by atoms with Gasteiger partial charge in [0.2, 0.25) is 0 Å². The third-order valence-corrected chi connectivity index (χ3v) is 2.60. The van der Waals surface area contributed by atoms with Crippen molar-refractivity contribution < 1.29 is 9.47 Å². The Morgan fingerprint density at radius 2 is 1.81 bits per heavy atom. The van der Waals surface area contributed by atoms with Gasteiger partial charge in [0.1, 0.15) is 0 Å². The smallest absolute Gasteiger partial charge is 0.258 e. The van der Waals surface area contributed by atoms with Gasteiger partial charge < -0.3 is 14.0 Å². The lowest BCUT2D eigenvalue weighted by atomic mass is 10.1. The van der Waals surface area contributed by atoms with E-state index in [2.05, 4.69) is 0 Å². The molecule has 0 aliphatic heterocycles. The minimum absolute atomic E-state index is 0.0431. The lowest BCUT2D eigenvalue weighted by Crippen LogP contribution is -2.15. The molecule has 16 heavy (non-hydrogen) atoms. The number of hydrogen-bond acceptors (Lipinski definition) is 3. The van der Waals surface area contributed by atoms with E-state index in [1.165, 1.54) is 4.57 Å². The van der Waals surface area contributed by atoms with Crippen molar-refractivity contribution in [1.29, 1.82) is 0 Å². The van der Waals surface area contributed by atoms with Gasteiger partial charge >= 0.3 is 0 Å². The van der Waals surface area contributed by atoms with Crippen LogP contribution in [0.2, 0.25) is 0 Å². The summed E-state index contributed by atoms with van der Waals surface area (Å²) in [4.78, 5) is 11.9. The van der Waals surface area contributed by atoms with Gasteiger partial charge in [-0.1, -0.05) is 0 Å². The second-order valence-electron chi connectivity index (χ2n) is 3.49. The Kier molecular flexibility index (Phi) is 2.56. The van der Waals surface area contributed by atoms with E-state index in [9.17, 15) is 4.79 Å². The Hall–Kier alpha value is -1.97.